The lowest BCUT2D eigenvalue weighted by Gasteiger charge is -2.15. The molecule has 0 fully saturated rings. The van der Waals surface area contributed by atoms with Gasteiger partial charge in [-0.05, 0) is 6.26 Å². The van der Waals surface area contributed by atoms with E-state index in [0.29, 0.717) is 11.1 Å². The first-order valence-corrected chi connectivity index (χ1v) is 5.73. The molecule has 9 heteroatoms. The summed E-state index contributed by atoms with van der Waals surface area (Å²) in [5, 5.41) is 16.6. The van der Waals surface area contributed by atoms with Crippen LogP contribution in [0.25, 0.3) is 0 Å². The van der Waals surface area contributed by atoms with E-state index >= 15 is 0 Å². The van der Waals surface area contributed by atoms with E-state index in [2.05, 4.69) is 15.0 Å². The fourth-order valence-electron chi connectivity index (χ4n) is 0.933. The first-order chi connectivity index (χ1) is 7.99. The average Bonchev–Trinajstić information content (AvgIpc) is 2.28. The van der Waals surface area contributed by atoms with Crippen LogP contribution in [0.3, 0.4) is 0 Å². The normalized spacial score (nSPS) is 9.53. The number of anilines is 2. The number of hydrogen-bond donors (Lipinski definition) is 2. The van der Waals surface area contributed by atoms with Gasteiger partial charge in [-0.3, -0.25) is 5.41 Å². The van der Waals surface area contributed by atoms with Crippen LogP contribution in [0.1, 0.15) is 0 Å². The Morgan fingerprint density at radius 2 is 1.94 bits per heavy atom. The predicted molar refractivity (Wildman–Crippen MR) is 65.9 cm³/mol. The van der Waals surface area contributed by atoms with Gasteiger partial charge in [-0.25, -0.2) is 0 Å². The Kier molecular flexibility index (Phi) is 4.06. The Morgan fingerprint density at radius 1 is 1.35 bits per heavy atom. The number of thioether (sulfide) groups is 1. The van der Waals surface area contributed by atoms with Crippen molar-refractivity contribution in [2.75, 3.05) is 30.2 Å². The molecule has 90 valence electrons. The van der Waals surface area contributed by atoms with Gasteiger partial charge in [-0.1, -0.05) is 11.8 Å². The highest BCUT2D eigenvalue weighted by atomic mass is 32.2. The average molecular weight is 252 g/mol. The fraction of sp³-hybridized carbons (Fsp3) is 0.375. The maximum absolute atomic E-state index is 8.88. The van der Waals surface area contributed by atoms with Gasteiger partial charge in [0.2, 0.25) is 11.9 Å². The van der Waals surface area contributed by atoms with Crippen LogP contribution in [0, 0.1) is 16.9 Å². The summed E-state index contributed by atoms with van der Waals surface area (Å²) in [5.74, 6) is 0.0133. The molecule has 0 saturated heterocycles. The number of nitriles is 1. The van der Waals surface area contributed by atoms with Gasteiger partial charge in [0.25, 0.3) is 5.95 Å². The van der Waals surface area contributed by atoms with Crippen molar-refractivity contribution < 1.29 is 0 Å². The second kappa shape index (κ2) is 5.31. The van der Waals surface area contributed by atoms with Gasteiger partial charge in [0.15, 0.2) is 11.3 Å². The smallest absolute Gasteiger partial charge is 0.251 e. The van der Waals surface area contributed by atoms with Crippen LogP contribution in [0.15, 0.2) is 5.16 Å². The summed E-state index contributed by atoms with van der Waals surface area (Å²) in [4.78, 5) is 14.7. The van der Waals surface area contributed by atoms with Gasteiger partial charge >= 0.3 is 0 Å². The summed E-state index contributed by atoms with van der Waals surface area (Å²) in [5.41, 5.74) is 5.26. The molecule has 8 nitrogen and oxygen atoms in total. The molecule has 0 unspecified atom stereocenters. The lowest BCUT2D eigenvalue weighted by atomic mass is 10.7. The number of guanidine groups is 1. The van der Waals surface area contributed by atoms with E-state index in [1.54, 1.807) is 25.2 Å². The SMILES string of the molecule is CSc1nc(N(C)C)nc(N(C#N)C(=N)N)n1. The van der Waals surface area contributed by atoms with E-state index in [-0.39, 0.29) is 5.95 Å². The van der Waals surface area contributed by atoms with Crippen LogP contribution in [0.2, 0.25) is 0 Å². The second-order valence-electron chi connectivity index (χ2n) is 3.14. The van der Waals surface area contributed by atoms with Crippen molar-refractivity contribution in [2.24, 2.45) is 5.73 Å². The zero-order valence-electron chi connectivity index (χ0n) is 9.67. The van der Waals surface area contributed by atoms with Crippen molar-refractivity contribution in [3.63, 3.8) is 0 Å². The van der Waals surface area contributed by atoms with E-state index in [1.807, 2.05) is 6.26 Å². The molecule has 0 aliphatic carbocycles. The standard InChI is InChI=1S/C8H12N8S/c1-15(2)6-12-7(14-8(13-6)17-3)16(4-9)5(10)11/h1-3H3,(H3,10,11). The molecule has 0 bridgehead atoms. The summed E-state index contributed by atoms with van der Waals surface area (Å²) < 4.78 is 0. The third kappa shape index (κ3) is 2.94. The summed E-state index contributed by atoms with van der Waals surface area (Å²) in [6, 6.07) is 0. The number of rotatable bonds is 3. The van der Waals surface area contributed by atoms with Gasteiger partial charge in [0.05, 0.1) is 0 Å². The van der Waals surface area contributed by atoms with Gasteiger partial charge < -0.3 is 10.6 Å². The van der Waals surface area contributed by atoms with Gasteiger partial charge in [0.1, 0.15) is 0 Å². The van der Waals surface area contributed by atoms with E-state index in [9.17, 15) is 0 Å². The molecule has 0 saturated carbocycles. The summed E-state index contributed by atoms with van der Waals surface area (Å²) in [7, 11) is 3.54. The molecule has 0 amide bonds. The molecule has 1 aromatic rings. The zero-order valence-corrected chi connectivity index (χ0v) is 10.5. The number of aromatic nitrogens is 3. The lowest BCUT2D eigenvalue weighted by Crippen LogP contribution is -2.34. The van der Waals surface area contributed by atoms with E-state index in [0.717, 1.165) is 4.90 Å². The highest BCUT2D eigenvalue weighted by Crippen LogP contribution is 2.17. The quantitative estimate of drug-likeness (QED) is 0.250. The molecule has 0 atom stereocenters. The molecule has 0 spiro atoms. The highest BCUT2D eigenvalue weighted by molar-refractivity contribution is 7.98. The van der Waals surface area contributed by atoms with Crippen molar-refractivity contribution in [3.05, 3.63) is 0 Å². The van der Waals surface area contributed by atoms with Crippen molar-refractivity contribution in [3.8, 4) is 6.19 Å². The van der Waals surface area contributed by atoms with Crippen LogP contribution < -0.4 is 15.5 Å². The maximum Gasteiger partial charge on any atom is 0.251 e. The third-order valence-electron chi connectivity index (χ3n) is 1.71. The predicted octanol–water partition coefficient (Wildman–Crippen LogP) is -0.160. The Bertz CT molecular complexity index is 465. The largest absolute Gasteiger partial charge is 0.369 e. The Morgan fingerprint density at radius 3 is 2.35 bits per heavy atom. The minimum absolute atomic E-state index is 0.0445. The molecular formula is C8H12N8S. The molecule has 1 rings (SSSR count). The molecule has 0 aromatic carbocycles. The Labute approximate surface area is 103 Å². The summed E-state index contributed by atoms with van der Waals surface area (Å²) >= 11 is 1.32. The second-order valence-corrected chi connectivity index (χ2v) is 3.91. The maximum atomic E-state index is 8.88. The number of nitrogens with two attached hydrogens (primary N) is 1. The van der Waals surface area contributed by atoms with Crippen molar-refractivity contribution in [2.45, 2.75) is 5.16 Å². The van der Waals surface area contributed by atoms with E-state index in [1.165, 1.54) is 11.8 Å². The highest BCUT2D eigenvalue weighted by Gasteiger charge is 2.16. The Balaban J connectivity index is 3.28. The van der Waals surface area contributed by atoms with Crippen molar-refractivity contribution in [1.29, 1.82) is 10.7 Å². The fourth-order valence-corrected chi connectivity index (χ4v) is 1.28. The van der Waals surface area contributed by atoms with E-state index in [4.69, 9.17) is 16.4 Å². The molecule has 17 heavy (non-hydrogen) atoms. The van der Waals surface area contributed by atoms with E-state index < -0.39 is 5.96 Å². The first-order valence-electron chi connectivity index (χ1n) is 4.51. The third-order valence-corrected chi connectivity index (χ3v) is 2.26. The molecule has 0 radical (unpaired) electrons. The van der Waals surface area contributed by atoms with Crippen LogP contribution >= 0.6 is 11.8 Å². The van der Waals surface area contributed by atoms with Crippen molar-refractivity contribution >= 4 is 29.6 Å². The molecular weight excluding hydrogens is 240 g/mol. The van der Waals surface area contributed by atoms with Crippen molar-refractivity contribution in [1.82, 2.24) is 15.0 Å². The number of nitrogens with zero attached hydrogens (tertiary/aromatic N) is 6. The summed E-state index contributed by atoms with van der Waals surface area (Å²) in [6.45, 7) is 0. The topological polar surface area (TPSA) is 119 Å². The van der Waals surface area contributed by atoms with Gasteiger partial charge in [-0.2, -0.15) is 25.1 Å². The van der Waals surface area contributed by atoms with Crippen LogP contribution in [0.5, 0.6) is 0 Å². The molecule has 1 aromatic heterocycles. The molecule has 1 heterocycles. The molecule has 0 aliphatic rings. The van der Waals surface area contributed by atoms with Crippen LogP contribution in [-0.4, -0.2) is 41.3 Å². The molecule has 3 N–H and O–H groups in total. The zero-order chi connectivity index (χ0) is 13.0. The molecule has 0 aliphatic heterocycles. The van der Waals surface area contributed by atoms with Gasteiger partial charge in [0, 0.05) is 14.1 Å². The minimum atomic E-state index is -0.435. The lowest BCUT2D eigenvalue weighted by molar-refractivity contribution is 0.861. The monoisotopic (exact) mass is 252 g/mol. The van der Waals surface area contributed by atoms with Crippen LogP contribution in [-0.2, 0) is 0 Å². The number of hydrogen-bond acceptors (Lipinski definition) is 7. The van der Waals surface area contributed by atoms with Gasteiger partial charge in [-0.15, -0.1) is 0 Å². The number of nitrogens with one attached hydrogen (secondary N) is 1. The minimum Gasteiger partial charge on any atom is -0.369 e. The summed E-state index contributed by atoms with van der Waals surface area (Å²) in [6.07, 6.45) is 3.55. The van der Waals surface area contributed by atoms with Crippen LogP contribution in [0.4, 0.5) is 11.9 Å². The first kappa shape index (κ1) is 13.0. The Hall–Kier alpha value is -2.08.